The largest absolute Gasteiger partial charge is 0.394 e. The topological polar surface area (TPSA) is 84.5 Å². The fourth-order valence-electron chi connectivity index (χ4n) is 2.15. The molecule has 1 aliphatic heterocycles. The molecule has 1 atom stereocenters. The minimum atomic E-state index is -0.529. The van der Waals surface area contributed by atoms with E-state index in [0.29, 0.717) is 13.1 Å². The highest BCUT2D eigenvalue weighted by atomic mass is 19.1. The number of anilines is 2. The Morgan fingerprint density at radius 2 is 2.39 bits per heavy atom. The molecular formula is C11H17FN4O2. The average molecular weight is 256 g/mol. The van der Waals surface area contributed by atoms with Crippen LogP contribution in [0.3, 0.4) is 0 Å². The Kier molecular flexibility index (Phi) is 3.36. The Morgan fingerprint density at radius 3 is 3.06 bits per heavy atom. The third-order valence-corrected chi connectivity index (χ3v) is 2.73. The molecule has 1 aromatic heterocycles. The number of hydrogen-bond acceptors (Lipinski definition) is 6. The molecule has 7 heteroatoms. The van der Waals surface area contributed by atoms with Gasteiger partial charge in [-0.15, -0.1) is 0 Å². The lowest BCUT2D eigenvalue weighted by Crippen LogP contribution is -2.54. The summed E-state index contributed by atoms with van der Waals surface area (Å²) in [5, 5.41) is 9.21. The lowest BCUT2D eigenvalue weighted by Gasteiger charge is -2.42. The van der Waals surface area contributed by atoms with Gasteiger partial charge in [-0.25, -0.2) is 9.37 Å². The smallest absolute Gasteiger partial charge is 0.222 e. The first-order chi connectivity index (χ1) is 8.41. The molecule has 1 aromatic rings. The van der Waals surface area contributed by atoms with Crippen LogP contribution in [0.5, 0.6) is 0 Å². The zero-order valence-electron chi connectivity index (χ0n) is 10.4. The molecule has 1 aliphatic rings. The number of aliphatic hydroxyl groups is 1. The van der Waals surface area contributed by atoms with Crippen LogP contribution in [-0.4, -0.2) is 46.5 Å². The number of aliphatic hydroxyl groups excluding tert-OH is 1. The van der Waals surface area contributed by atoms with Crippen LogP contribution in [0.4, 0.5) is 16.2 Å². The number of nitrogens with two attached hydrogens (primary N) is 1. The molecule has 1 saturated heterocycles. The standard InChI is InChI=1S/C11H17FN4O2/c1-11(2)6-16(4-7(5-17)18-11)9-8(12)3-14-10(13)15-9/h3,7,17H,4-6H2,1-2H3,(H2,13,14,15). The number of hydrogen-bond donors (Lipinski definition) is 2. The minimum Gasteiger partial charge on any atom is -0.394 e. The summed E-state index contributed by atoms with van der Waals surface area (Å²) in [5.41, 5.74) is 4.98. The molecule has 0 amide bonds. The normalized spacial score (nSPS) is 23.1. The van der Waals surface area contributed by atoms with Crippen LogP contribution in [0.1, 0.15) is 13.8 Å². The highest BCUT2D eigenvalue weighted by Gasteiger charge is 2.34. The van der Waals surface area contributed by atoms with Crippen LogP contribution in [0.25, 0.3) is 0 Å². The second-order valence-electron chi connectivity index (χ2n) is 4.96. The summed E-state index contributed by atoms with van der Waals surface area (Å²) in [6, 6.07) is 0. The molecule has 2 heterocycles. The first-order valence-corrected chi connectivity index (χ1v) is 5.73. The van der Waals surface area contributed by atoms with Crippen molar-refractivity contribution in [3.63, 3.8) is 0 Å². The van der Waals surface area contributed by atoms with Gasteiger partial charge in [-0.2, -0.15) is 4.98 Å². The maximum atomic E-state index is 13.7. The SMILES string of the molecule is CC1(C)CN(c2nc(N)ncc2F)CC(CO)O1. The third kappa shape index (κ3) is 2.68. The summed E-state index contributed by atoms with van der Waals surface area (Å²) in [6.45, 7) is 4.47. The number of halogens is 1. The van der Waals surface area contributed by atoms with Crippen LogP contribution in [0, 0.1) is 5.82 Å². The molecule has 3 N–H and O–H groups in total. The summed E-state index contributed by atoms with van der Waals surface area (Å²) in [5.74, 6) is -0.354. The van der Waals surface area contributed by atoms with Gasteiger partial charge in [0.25, 0.3) is 0 Å². The van der Waals surface area contributed by atoms with Gasteiger partial charge in [-0.3, -0.25) is 0 Å². The van der Waals surface area contributed by atoms with Crippen molar-refractivity contribution >= 4 is 11.8 Å². The van der Waals surface area contributed by atoms with Crippen LogP contribution in [0.2, 0.25) is 0 Å². The van der Waals surface area contributed by atoms with Gasteiger partial charge in [-0.05, 0) is 13.8 Å². The van der Waals surface area contributed by atoms with E-state index < -0.39 is 11.4 Å². The first kappa shape index (κ1) is 13.0. The highest BCUT2D eigenvalue weighted by Crippen LogP contribution is 2.26. The zero-order chi connectivity index (χ0) is 13.3. The zero-order valence-corrected chi connectivity index (χ0v) is 10.4. The highest BCUT2D eigenvalue weighted by molar-refractivity contribution is 5.43. The van der Waals surface area contributed by atoms with Crippen molar-refractivity contribution in [2.24, 2.45) is 0 Å². The van der Waals surface area contributed by atoms with Crippen molar-refractivity contribution in [1.29, 1.82) is 0 Å². The summed E-state index contributed by atoms with van der Waals surface area (Å²) < 4.78 is 19.4. The Morgan fingerprint density at radius 1 is 1.67 bits per heavy atom. The lowest BCUT2D eigenvalue weighted by molar-refractivity contribution is -0.101. The van der Waals surface area contributed by atoms with E-state index in [2.05, 4.69) is 9.97 Å². The molecule has 6 nitrogen and oxygen atoms in total. The molecule has 0 aromatic carbocycles. The Bertz CT molecular complexity index is 441. The second-order valence-corrected chi connectivity index (χ2v) is 4.96. The summed E-state index contributed by atoms with van der Waals surface area (Å²) in [6.07, 6.45) is 0.679. The third-order valence-electron chi connectivity index (χ3n) is 2.73. The number of morpholine rings is 1. The van der Waals surface area contributed by atoms with Gasteiger partial charge in [0.1, 0.15) is 0 Å². The molecule has 1 unspecified atom stereocenters. The maximum absolute atomic E-state index is 13.7. The van der Waals surface area contributed by atoms with Crippen molar-refractivity contribution < 1.29 is 14.2 Å². The summed E-state index contributed by atoms with van der Waals surface area (Å²) in [4.78, 5) is 9.23. The van der Waals surface area contributed by atoms with Crippen LogP contribution >= 0.6 is 0 Å². The van der Waals surface area contributed by atoms with Crippen LogP contribution in [-0.2, 0) is 4.74 Å². The van der Waals surface area contributed by atoms with Crippen molar-refractivity contribution in [2.45, 2.75) is 25.6 Å². The van der Waals surface area contributed by atoms with E-state index in [9.17, 15) is 9.50 Å². The van der Waals surface area contributed by atoms with Gasteiger partial charge >= 0.3 is 0 Å². The van der Waals surface area contributed by atoms with Crippen molar-refractivity contribution in [3.8, 4) is 0 Å². The van der Waals surface area contributed by atoms with Crippen molar-refractivity contribution in [2.75, 3.05) is 30.3 Å². The van der Waals surface area contributed by atoms with Gasteiger partial charge in [0.05, 0.1) is 24.5 Å². The molecule has 0 radical (unpaired) electrons. The van der Waals surface area contributed by atoms with Gasteiger partial charge in [0.15, 0.2) is 11.6 Å². The van der Waals surface area contributed by atoms with Crippen molar-refractivity contribution in [3.05, 3.63) is 12.0 Å². The van der Waals surface area contributed by atoms with E-state index in [1.807, 2.05) is 13.8 Å². The Hall–Kier alpha value is -1.47. The molecule has 2 rings (SSSR count). The van der Waals surface area contributed by atoms with E-state index in [0.717, 1.165) is 6.20 Å². The first-order valence-electron chi connectivity index (χ1n) is 5.73. The molecule has 100 valence electrons. The minimum absolute atomic E-state index is 0.0243. The van der Waals surface area contributed by atoms with Crippen LogP contribution < -0.4 is 10.6 Å². The van der Waals surface area contributed by atoms with Gasteiger partial charge in [0, 0.05) is 13.1 Å². The van der Waals surface area contributed by atoms with Crippen molar-refractivity contribution in [1.82, 2.24) is 9.97 Å². The lowest BCUT2D eigenvalue weighted by atomic mass is 10.1. The van der Waals surface area contributed by atoms with Gasteiger partial charge in [-0.1, -0.05) is 0 Å². The number of rotatable bonds is 2. The molecule has 0 spiro atoms. The molecular weight excluding hydrogens is 239 g/mol. The predicted octanol–water partition coefficient (Wildman–Crippen LogP) is 0.174. The fourth-order valence-corrected chi connectivity index (χ4v) is 2.15. The van der Waals surface area contributed by atoms with Crippen LogP contribution in [0.15, 0.2) is 6.20 Å². The Balaban J connectivity index is 2.29. The summed E-state index contributed by atoms with van der Waals surface area (Å²) >= 11 is 0. The van der Waals surface area contributed by atoms with E-state index in [1.54, 1.807) is 4.90 Å². The number of ether oxygens (including phenoxy) is 1. The van der Waals surface area contributed by atoms with Gasteiger partial charge in [0.2, 0.25) is 5.95 Å². The maximum Gasteiger partial charge on any atom is 0.222 e. The molecule has 18 heavy (non-hydrogen) atoms. The monoisotopic (exact) mass is 256 g/mol. The molecule has 1 fully saturated rings. The van der Waals surface area contributed by atoms with E-state index >= 15 is 0 Å². The van der Waals surface area contributed by atoms with Gasteiger partial charge < -0.3 is 20.5 Å². The molecule has 0 bridgehead atoms. The number of aromatic nitrogens is 2. The molecule has 0 aliphatic carbocycles. The fraction of sp³-hybridized carbons (Fsp3) is 0.636. The van der Waals surface area contributed by atoms with E-state index in [-0.39, 0.29) is 24.5 Å². The van der Waals surface area contributed by atoms with E-state index in [1.165, 1.54) is 0 Å². The average Bonchev–Trinajstić information content (AvgIpc) is 2.30. The predicted molar refractivity (Wildman–Crippen MR) is 64.7 cm³/mol. The summed E-state index contributed by atoms with van der Waals surface area (Å²) in [7, 11) is 0. The van der Waals surface area contributed by atoms with E-state index in [4.69, 9.17) is 10.5 Å². The Labute approximate surface area is 105 Å². The quantitative estimate of drug-likeness (QED) is 0.785. The number of nitrogens with zero attached hydrogens (tertiary/aromatic N) is 3. The second kappa shape index (κ2) is 4.66. The molecule has 0 saturated carbocycles. The number of nitrogen functional groups attached to an aromatic ring is 1.